The highest BCUT2D eigenvalue weighted by Crippen LogP contribution is 2.29. The standard InChI is InChI=1S/C23H30N4O5/c1-23(2)31-18(19(12-28)32-23)10-24-9-17-11-27(15-30-13-16-7-5-4-6-8-16)21-20(17)25-14-26-22(21)29-3/h4-8,11,14,18-19,24,28H,9-10,12-13,15H2,1-3H3/t18-,19-/m0/s1. The van der Waals surface area contributed by atoms with E-state index in [2.05, 4.69) is 15.3 Å². The molecule has 3 aromatic rings. The maximum Gasteiger partial charge on any atom is 0.241 e. The number of benzene rings is 1. The molecular formula is C23H30N4O5. The summed E-state index contributed by atoms with van der Waals surface area (Å²) in [5.41, 5.74) is 3.68. The van der Waals surface area contributed by atoms with Crippen LogP contribution < -0.4 is 10.1 Å². The van der Waals surface area contributed by atoms with Crippen LogP contribution in [-0.4, -0.2) is 57.9 Å². The monoisotopic (exact) mass is 442 g/mol. The van der Waals surface area contributed by atoms with E-state index < -0.39 is 5.79 Å². The van der Waals surface area contributed by atoms with Gasteiger partial charge < -0.3 is 33.9 Å². The molecule has 0 bridgehead atoms. The van der Waals surface area contributed by atoms with Gasteiger partial charge in [-0.25, -0.2) is 4.98 Å². The highest BCUT2D eigenvalue weighted by atomic mass is 16.8. The van der Waals surface area contributed by atoms with Crippen LogP contribution in [0.25, 0.3) is 11.0 Å². The molecule has 1 aliphatic heterocycles. The molecule has 4 rings (SSSR count). The summed E-state index contributed by atoms with van der Waals surface area (Å²) in [5.74, 6) is -0.203. The second-order valence-corrected chi connectivity index (χ2v) is 8.19. The van der Waals surface area contributed by atoms with Gasteiger partial charge in [-0.1, -0.05) is 30.3 Å². The Balaban J connectivity index is 1.45. The second-order valence-electron chi connectivity index (χ2n) is 8.19. The van der Waals surface area contributed by atoms with Gasteiger partial charge in [0.2, 0.25) is 5.88 Å². The molecule has 1 saturated heterocycles. The molecule has 0 unspecified atom stereocenters. The van der Waals surface area contributed by atoms with Crippen molar-refractivity contribution in [2.45, 2.75) is 51.7 Å². The van der Waals surface area contributed by atoms with E-state index in [-0.39, 0.29) is 18.8 Å². The lowest BCUT2D eigenvalue weighted by Crippen LogP contribution is -2.36. The van der Waals surface area contributed by atoms with Gasteiger partial charge >= 0.3 is 0 Å². The summed E-state index contributed by atoms with van der Waals surface area (Å²) in [4.78, 5) is 8.73. The first-order valence-electron chi connectivity index (χ1n) is 10.7. The summed E-state index contributed by atoms with van der Waals surface area (Å²) in [5, 5.41) is 13.0. The lowest BCUT2D eigenvalue weighted by atomic mass is 10.2. The molecule has 0 aliphatic carbocycles. The molecule has 32 heavy (non-hydrogen) atoms. The van der Waals surface area contributed by atoms with Gasteiger partial charge in [0.25, 0.3) is 0 Å². The Labute approximate surface area is 187 Å². The highest BCUT2D eigenvalue weighted by molar-refractivity contribution is 5.83. The Hall–Kier alpha value is -2.56. The number of hydrogen-bond acceptors (Lipinski definition) is 8. The molecule has 1 aromatic carbocycles. The van der Waals surface area contributed by atoms with Crippen LogP contribution in [0.15, 0.2) is 42.9 Å². The van der Waals surface area contributed by atoms with Crippen LogP contribution in [-0.2, 0) is 34.1 Å². The zero-order chi connectivity index (χ0) is 22.6. The Morgan fingerprint density at radius 3 is 2.69 bits per heavy atom. The third-order valence-electron chi connectivity index (χ3n) is 5.35. The SMILES string of the molecule is COc1ncnc2c(CNC[C@@H]3OC(C)(C)O[C@H]3CO)cn(COCc3ccccc3)c12. The van der Waals surface area contributed by atoms with Crippen molar-refractivity contribution >= 4 is 11.0 Å². The predicted octanol–water partition coefficient (Wildman–Crippen LogP) is 2.22. The summed E-state index contributed by atoms with van der Waals surface area (Å²) in [6.07, 6.45) is 2.91. The lowest BCUT2D eigenvalue weighted by molar-refractivity contribution is -0.148. The molecule has 2 N–H and O–H groups in total. The predicted molar refractivity (Wildman–Crippen MR) is 118 cm³/mol. The van der Waals surface area contributed by atoms with E-state index in [9.17, 15) is 5.11 Å². The number of nitrogens with one attached hydrogen (secondary N) is 1. The van der Waals surface area contributed by atoms with Crippen molar-refractivity contribution in [1.82, 2.24) is 19.9 Å². The number of nitrogens with zero attached hydrogens (tertiary/aromatic N) is 3. The summed E-state index contributed by atoms with van der Waals surface area (Å²) in [6, 6.07) is 10.0. The van der Waals surface area contributed by atoms with Gasteiger partial charge in [-0.2, -0.15) is 4.98 Å². The van der Waals surface area contributed by atoms with E-state index in [0.717, 1.165) is 22.2 Å². The van der Waals surface area contributed by atoms with Crippen LogP contribution in [0.1, 0.15) is 25.0 Å². The zero-order valence-corrected chi connectivity index (χ0v) is 18.7. The number of aliphatic hydroxyl groups excluding tert-OH is 1. The molecule has 1 fully saturated rings. The molecule has 3 heterocycles. The average Bonchev–Trinajstić information content (AvgIpc) is 3.30. The molecule has 172 valence electrons. The van der Waals surface area contributed by atoms with Gasteiger partial charge in [0, 0.05) is 24.8 Å². The molecule has 0 radical (unpaired) electrons. The average molecular weight is 443 g/mol. The van der Waals surface area contributed by atoms with Crippen LogP contribution in [0.3, 0.4) is 0 Å². The molecule has 9 heteroatoms. The van der Waals surface area contributed by atoms with Crippen molar-refractivity contribution in [2.24, 2.45) is 0 Å². The van der Waals surface area contributed by atoms with Crippen LogP contribution in [0.5, 0.6) is 5.88 Å². The fourth-order valence-electron chi connectivity index (χ4n) is 3.97. The third-order valence-corrected chi connectivity index (χ3v) is 5.35. The van der Waals surface area contributed by atoms with E-state index in [0.29, 0.717) is 32.3 Å². The van der Waals surface area contributed by atoms with E-state index in [4.69, 9.17) is 18.9 Å². The van der Waals surface area contributed by atoms with E-state index in [1.54, 1.807) is 7.11 Å². The molecule has 2 atom stereocenters. The summed E-state index contributed by atoms with van der Waals surface area (Å²) in [6.45, 7) is 5.55. The minimum atomic E-state index is -0.702. The van der Waals surface area contributed by atoms with Gasteiger partial charge in [0.15, 0.2) is 5.79 Å². The molecule has 0 saturated carbocycles. The van der Waals surface area contributed by atoms with Crippen LogP contribution in [0.2, 0.25) is 0 Å². The van der Waals surface area contributed by atoms with Gasteiger partial charge in [0.1, 0.15) is 36.3 Å². The maximum absolute atomic E-state index is 9.57. The molecular weight excluding hydrogens is 412 g/mol. The molecule has 9 nitrogen and oxygen atoms in total. The van der Waals surface area contributed by atoms with Crippen LogP contribution >= 0.6 is 0 Å². The normalized spacial score (nSPS) is 20.1. The van der Waals surface area contributed by atoms with Crippen molar-refractivity contribution < 1.29 is 24.1 Å². The van der Waals surface area contributed by atoms with E-state index in [1.807, 2.05) is 54.9 Å². The maximum atomic E-state index is 9.57. The van der Waals surface area contributed by atoms with Gasteiger partial charge in [-0.05, 0) is 19.4 Å². The fraction of sp³-hybridized carbons (Fsp3) is 0.478. The minimum Gasteiger partial charge on any atom is -0.479 e. The fourth-order valence-corrected chi connectivity index (χ4v) is 3.97. The quantitative estimate of drug-likeness (QED) is 0.493. The van der Waals surface area contributed by atoms with Crippen molar-refractivity contribution in [3.63, 3.8) is 0 Å². The van der Waals surface area contributed by atoms with E-state index in [1.165, 1.54) is 6.33 Å². The summed E-state index contributed by atoms with van der Waals surface area (Å²) in [7, 11) is 1.59. The Bertz CT molecular complexity index is 1020. The minimum absolute atomic E-state index is 0.0851. The summed E-state index contributed by atoms with van der Waals surface area (Å²) < 4.78 is 25.0. The zero-order valence-electron chi connectivity index (χ0n) is 18.7. The number of ether oxygens (including phenoxy) is 4. The molecule has 1 aliphatic rings. The number of methoxy groups -OCH3 is 1. The van der Waals surface area contributed by atoms with Gasteiger partial charge in [-0.15, -0.1) is 0 Å². The molecule has 2 aromatic heterocycles. The lowest BCUT2D eigenvalue weighted by Gasteiger charge is -2.17. The Morgan fingerprint density at radius 1 is 1.16 bits per heavy atom. The first-order valence-corrected chi connectivity index (χ1v) is 10.7. The van der Waals surface area contributed by atoms with Crippen LogP contribution in [0, 0.1) is 0 Å². The number of fused-ring (bicyclic) bond motifs is 1. The second kappa shape index (κ2) is 9.93. The smallest absolute Gasteiger partial charge is 0.241 e. The van der Waals surface area contributed by atoms with E-state index >= 15 is 0 Å². The van der Waals surface area contributed by atoms with Crippen molar-refractivity contribution in [1.29, 1.82) is 0 Å². The Kier molecular flexibility index (Phi) is 7.02. The summed E-state index contributed by atoms with van der Waals surface area (Å²) >= 11 is 0. The topological polar surface area (TPSA) is 99.9 Å². The number of hydrogen-bond donors (Lipinski definition) is 2. The largest absolute Gasteiger partial charge is 0.479 e. The van der Waals surface area contributed by atoms with Crippen molar-refractivity contribution in [3.8, 4) is 5.88 Å². The molecule has 0 amide bonds. The van der Waals surface area contributed by atoms with Crippen molar-refractivity contribution in [3.05, 3.63) is 54.0 Å². The number of rotatable bonds is 10. The first-order chi connectivity index (χ1) is 15.5. The number of aliphatic hydroxyl groups is 1. The molecule has 0 spiro atoms. The third kappa shape index (κ3) is 5.08. The number of aromatic nitrogens is 3. The van der Waals surface area contributed by atoms with Gasteiger partial charge in [0.05, 0.1) is 20.3 Å². The van der Waals surface area contributed by atoms with Crippen LogP contribution in [0.4, 0.5) is 0 Å². The van der Waals surface area contributed by atoms with Crippen molar-refractivity contribution in [2.75, 3.05) is 20.3 Å². The first kappa shape index (κ1) is 22.6. The van der Waals surface area contributed by atoms with Gasteiger partial charge in [-0.3, -0.25) is 0 Å². The highest BCUT2D eigenvalue weighted by Gasteiger charge is 2.40. The Morgan fingerprint density at radius 2 is 1.94 bits per heavy atom.